The minimum atomic E-state index is -0.360. The average molecular weight is 290 g/mol. The van der Waals surface area contributed by atoms with Gasteiger partial charge < -0.3 is 14.7 Å². The van der Waals surface area contributed by atoms with Gasteiger partial charge in [-0.25, -0.2) is 9.18 Å². The first-order chi connectivity index (χ1) is 10.2. The third-order valence-corrected chi connectivity index (χ3v) is 3.34. The van der Waals surface area contributed by atoms with Crippen LogP contribution in [0.4, 0.5) is 9.18 Å². The smallest absolute Gasteiger partial charge is 0.317 e. The van der Waals surface area contributed by atoms with E-state index in [1.165, 1.54) is 12.1 Å². The zero-order valence-electron chi connectivity index (χ0n) is 11.4. The predicted octanol–water partition coefficient (Wildman–Crippen LogP) is 2.18. The molecule has 1 aliphatic rings. The molecule has 0 radical (unpaired) electrons. The van der Waals surface area contributed by atoms with Crippen LogP contribution in [0.2, 0.25) is 0 Å². The van der Waals surface area contributed by atoms with E-state index in [4.69, 9.17) is 4.52 Å². The monoisotopic (exact) mass is 290 g/mol. The normalized spacial score (nSPS) is 14.4. The summed E-state index contributed by atoms with van der Waals surface area (Å²) < 4.78 is 18.2. The largest absolute Gasteiger partial charge is 0.337 e. The number of halogens is 1. The third kappa shape index (κ3) is 3.18. The molecule has 1 aromatic carbocycles. The molecule has 2 amide bonds. The Morgan fingerprint density at radius 2 is 2.19 bits per heavy atom. The second-order valence-electron chi connectivity index (χ2n) is 4.87. The number of likely N-dealkylation sites (tertiary alicyclic amines) is 1. The maximum absolute atomic E-state index is 13.1. The molecule has 1 aliphatic heterocycles. The summed E-state index contributed by atoms with van der Waals surface area (Å²) in [7, 11) is 0. The predicted molar refractivity (Wildman–Crippen MR) is 72.7 cm³/mol. The first kappa shape index (κ1) is 13.5. The van der Waals surface area contributed by atoms with E-state index >= 15 is 0 Å². The fourth-order valence-corrected chi connectivity index (χ4v) is 2.25. The Morgan fingerprint density at radius 1 is 1.38 bits per heavy atom. The van der Waals surface area contributed by atoms with E-state index in [-0.39, 0.29) is 18.4 Å². The molecule has 6 nitrogen and oxygen atoms in total. The van der Waals surface area contributed by atoms with Crippen LogP contribution in [0.3, 0.4) is 0 Å². The van der Waals surface area contributed by atoms with Crippen molar-refractivity contribution in [2.75, 3.05) is 13.1 Å². The molecule has 0 spiro atoms. The third-order valence-electron chi connectivity index (χ3n) is 3.34. The lowest BCUT2D eigenvalue weighted by Crippen LogP contribution is -2.37. The Morgan fingerprint density at radius 3 is 2.95 bits per heavy atom. The van der Waals surface area contributed by atoms with Gasteiger partial charge in [-0.1, -0.05) is 17.3 Å². The van der Waals surface area contributed by atoms with E-state index in [0.29, 0.717) is 17.3 Å². The maximum Gasteiger partial charge on any atom is 0.317 e. The Kier molecular flexibility index (Phi) is 3.81. The number of carbonyl (C=O) groups excluding carboxylic acids is 1. The van der Waals surface area contributed by atoms with Gasteiger partial charge in [0.15, 0.2) is 0 Å². The molecular formula is C14H15FN4O2. The molecule has 2 aromatic rings. The summed E-state index contributed by atoms with van der Waals surface area (Å²) in [5, 5.41) is 6.52. The number of hydrogen-bond acceptors (Lipinski definition) is 4. The van der Waals surface area contributed by atoms with Gasteiger partial charge in [0.1, 0.15) is 5.82 Å². The van der Waals surface area contributed by atoms with Crippen molar-refractivity contribution in [3.63, 3.8) is 0 Å². The molecule has 1 N–H and O–H groups in total. The maximum atomic E-state index is 13.1. The minimum Gasteiger partial charge on any atom is -0.337 e. The molecule has 1 fully saturated rings. The summed E-state index contributed by atoms with van der Waals surface area (Å²) >= 11 is 0. The van der Waals surface area contributed by atoms with Crippen LogP contribution in [0.5, 0.6) is 0 Å². The number of nitrogens with one attached hydrogen (secondary N) is 1. The van der Waals surface area contributed by atoms with Crippen molar-refractivity contribution < 1.29 is 13.7 Å². The Hall–Kier alpha value is -2.44. The van der Waals surface area contributed by atoms with E-state index in [1.54, 1.807) is 17.0 Å². The van der Waals surface area contributed by atoms with Gasteiger partial charge in [0.05, 0.1) is 6.54 Å². The van der Waals surface area contributed by atoms with Gasteiger partial charge in [-0.2, -0.15) is 4.98 Å². The number of benzene rings is 1. The number of rotatable bonds is 3. The van der Waals surface area contributed by atoms with Crippen LogP contribution in [0.25, 0.3) is 11.4 Å². The average Bonchev–Trinajstić information content (AvgIpc) is 3.16. The van der Waals surface area contributed by atoms with Crippen molar-refractivity contribution in [3.8, 4) is 11.4 Å². The highest BCUT2D eigenvalue weighted by molar-refractivity contribution is 5.74. The second-order valence-corrected chi connectivity index (χ2v) is 4.87. The summed E-state index contributed by atoms with van der Waals surface area (Å²) in [6.45, 7) is 1.73. The summed E-state index contributed by atoms with van der Waals surface area (Å²) in [5.74, 6) is 0.239. The van der Waals surface area contributed by atoms with Crippen molar-refractivity contribution in [1.29, 1.82) is 0 Å². The summed E-state index contributed by atoms with van der Waals surface area (Å²) in [4.78, 5) is 17.7. The molecule has 0 aliphatic carbocycles. The van der Waals surface area contributed by atoms with Crippen molar-refractivity contribution in [3.05, 3.63) is 36.0 Å². The highest BCUT2D eigenvalue weighted by atomic mass is 19.1. The topological polar surface area (TPSA) is 71.3 Å². The van der Waals surface area contributed by atoms with Crippen molar-refractivity contribution in [2.24, 2.45) is 0 Å². The van der Waals surface area contributed by atoms with E-state index in [1.807, 2.05) is 0 Å². The van der Waals surface area contributed by atoms with Gasteiger partial charge in [0, 0.05) is 18.7 Å². The fourth-order valence-electron chi connectivity index (χ4n) is 2.25. The van der Waals surface area contributed by atoms with Crippen LogP contribution in [-0.2, 0) is 6.54 Å². The van der Waals surface area contributed by atoms with Gasteiger partial charge in [0.25, 0.3) is 0 Å². The molecule has 0 unspecified atom stereocenters. The van der Waals surface area contributed by atoms with Crippen LogP contribution in [0.1, 0.15) is 18.7 Å². The zero-order valence-corrected chi connectivity index (χ0v) is 11.4. The van der Waals surface area contributed by atoms with Gasteiger partial charge in [-0.05, 0) is 25.0 Å². The Balaban J connectivity index is 1.61. The number of hydrogen-bond donors (Lipinski definition) is 1. The molecule has 3 rings (SSSR count). The Bertz CT molecular complexity index is 637. The molecule has 1 saturated heterocycles. The van der Waals surface area contributed by atoms with Crippen LogP contribution in [0, 0.1) is 5.82 Å². The lowest BCUT2D eigenvalue weighted by molar-refractivity contribution is 0.206. The number of urea groups is 1. The van der Waals surface area contributed by atoms with Crippen molar-refractivity contribution in [2.45, 2.75) is 19.4 Å². The molecule has 110 valence electrons. The molecule has 0 atom stereocenters. The van der Waals surface area contributed by atoms with Gasteiger partial charge in [0.2, 0.25) is 11.7 Å². The van der Waals surface area contributed by atoms with E-state index < -0.39 is 0 Å². The lowest BCUT2D eigenvalue weighted by atomic mass is 10.2. The summed E-state index contributed by atoms with van der Waals surface area (Å²) in [5.41, 5.74) is 0.538. The SMILES string of the molecule is O=C(NCc1nc(-c2cccc(F)c2)no1)N1CCCC1. The van der Waals surface area contributed by atoms with E-state index in [2.05, 4.69) is 15.5 Å². The molecule has 7 heteroatoms. The van der Waals surface area contributed by atoms with Gasteiger partial charge in [-0.3, -0.25) is 0 Å². The molecule has 0 bridgehead atoms. The Labute approximate surface area is 120 Å². The van der Waals surface area contributed by atoms with Crippen LogP contribution < -0.4 is 5.32 Å². The number of amides is 2. The van der Waals surface area contributed by atoms with Crippen LogP contribution >= 0.6 is 0 Å². The molecule has 1 aromatic heterocycles. The lowest BCUT2D eigenvalue weighted by Gasteiger charge is -2.14. The zero-order chi connectivity index (χ0) is 14.7. The van der Waals surface area contributed by atoms with Crippen LogP contribution in [0.15, 0.2) is 28.8 Å². The minimum absolute atomic E-state index is 0.127. The van der Waals surface area contributed by atoms with Crippen molar-refractivity contribution >= 4 is 6.03 Å². The summed E-state index contributed by atoms with van der Waals surface area (Å²) in [6, 6.07) is 5.83. The second kappa shape index (κ2) is 5.90. The standard InChI is InChI=1S/C14H15FN4O2/c15-11-5-3-4-10(8-11)13-17-12(21-18-13)9-16-14(20)19-6-1-2-7-19/h3-5,8H,1-2,6-7,9H2,(H,16,20). The van der Waals surface area contributed by atoms with Crippen molar-refractivity contribution in [1.82, 2.24) is 20.4 Å². The summed E-state index contributed by atoms with van der Waals surface area (Å²) in [6.07, 6.45) is 2.08. The quantitative estimate of drug-likeness (QED) is 0.940. The molecule has 0 saturated carbocycles. The van der Waals surface area contributed by atoms with Gasteiger partial charge in [-0.15, -0.1) is 0 Å². The van der Waals surface area contributed by atoms with E-state index in [0.717, 1.165) is 25.9 Å². The first-order valence-electron chi connectivity index (χ1n) is 6.84. The molecular weight excluding hydrogens is 275 g/mol. The van der Waals surface area contributed by atoms with E-state index in [9.17, 15) is 9.18 Å². The molecule has 2 heterocycles. The highest BCUT2D eigenvalue weighted by Gasteiger charge is 2.18. The molecule has 21 heavy (non-hydrogen) atoms. The van der Waals surface area contributed by atoms with Crippen LogP contribution in [-0.4, -0.2) is 34.2 Å². The highest BCUT2D eigenvalue weighted by Crippen LogP contribution is 2.16. The van der Waals surface area contributed by atoms with Gasteiger partial charge >= 0.3 is 6.03 Å². The number of carbonyl (C=O) groups is 1. The first-order valence-corrected chi connectivity index (χ1v) is 6.84. The number of nitrogens with zero attached hydrogens (tertiary/aromatic N) is 3. The fraction of sp³-hybridized carbons (Fsp3) is 0.357. The number of aromatic nitrogens is 2.